The molecule has 5 heteroatoms. The molecule has 0 heterocycles. The van der Waals surface area contributed by atoms with Crippen LogP contribution < -0.4 is 15.8 Å². The Bertz CT molecular complexity index is 481. The molecule has 1 aromatic carbocycles. The first-order chi connectivity index (χ1) is 10.3. The summed E-state index contributed by atoms with van der Waals surface area (Å²) in [5.41, 5.74) is 7.12. The molecular formula is C17H28N2O3. The van der Waals surface area contributed by atoms with Crippen molar-refractivity contribution in [2.45, 2.75) is 52.6 Å². The molecule has 0 atom stereocenters. The molecule has 22 heavy (non-hydrogen) atoms. The molecule has 0 aliphatic rings. The third kappa shape index (κ3) is 7.76. The van der Waals surface area contributed by atoms with Gasteiger partial charge in [0, 0.05) is 12.2 Å². The fourth-order valence-electron chi connectivity index (χ4n) is 1.84. The lowest BCUT2D eigenvalue weighted by atomic mass is 10.2. The topological polar surface area (TPSA) is 73.6 Å². The molecule has 1 aromatic rings. The van der Waals surface area contributed by atoms with Crippen molar-refractivity contribution in [1.82, 2.24) is 5.32 Å². The highest BCUT2D eigenvalue weighted by Crippen LogP contribution is 2.18. The quantitative estimate of drug-likeness (QED) is 0.595. The normalized spacial score (nSPS) is 11.1. The minimum Gasteiger partial charge on any atom is -0.494 e. The highest BCUT2D eigenvalue weighted by Gasteiger charge is 2.15. The molecule has 0 radical (unpaired) electrons. The maximum Gasteiger partial charge on any atom is 0.407 e. The van der Waals surface area contributed by atoms with Crippen LogP contribution in [-0.2, 0) is 4.74 Å². The van der Waals surface area contributed by atoms with Crippen LogP contribution in [0.1, 0.15) is 45.6 Å². The van der Waals surface area contributed by atoms with E-state index < -0.39 is 5.60 Å². The Morgan fingerprint density at radius 2 is 1.95 bits per heavy atom. The molecule has 5 nitrogen and oxygen atoms in total. The highest BCUT2D eigenvalue weighted by molar-refractivity contribution is 5.67. The number of unbranched alkanes of at least 4 members (excludes halogenated alkanes) is 2. The number of nitrogens with two attached hydrogens (primary N) is 1. The van der Waals surface area contributed by atoms with Gasteiger partial charge in [-0.3, -0.25) is 0 Å². The SMILES string of the molecule is Cc1cc(OCCCCCNC(=O)OC(C)(C)C)ccc1N. The maximum absolute atomic E-state index is 11.4. The molecule has 1 amide bonds. The Kier molecular flexibility index (Phi) is 7.02. The summed E-state index contributed by atoms with van der Waals surface area (Å²) in [5, 5.41) is 2.75. The van der Waals surface area contributed by atoms with E-state index in [1.807, 2.05) is 45.9 Å². The van der Waals surface area contributed by atoms with Crippen LogP contribution in [0.15, 0.2) is 18.2 Å². The van der Waals surface area contributed by atoms with E-state index in [0.29, 0.717) is 13.2 Å². The minimum absolute atomic E-state index is 0.360. The van der Waals surface area contributed by atoms with E-state index in [4.69, 9.17) is 15.2 Å². The molecule has 1 rings (SSSR count). The fraction of sp³-hybridized carbons (Fsp3) is 0.588. The number of benzene rings is 1. The average Bonchev–Trinajstić information content (AvgIpc) is 2.39. The summed E-state index contributed by atoms with van der Waals surface area (Å²) in [6, 6.07) is 5.68. The number of nitrogen functional groups attached to an aromatic ring is 1. The lowest BCUT2D eigenvalue weighted by Crippen LogP contribution is -2.33. The van der Waals surface area contributed by atoms with Gasteiger partial charge in [0.2, 0.25) is 0 Å². The second kappa shape index (κ2) is 8.51. The van der Waals surface area contributed by atoms with Crippen LogP contribution in [-0.4, -0.2) is 24.8 Å². The summed E-state index contributed by atoms with van der Waals surface area (Å²) in [6.45, 7) is 8.80. The molecule has 0 aromatic heterocycles. The second-order valence-electron chi connectivity index (χ2n) is 6.36. The lowest BCUT2D eigenvalue weighted by Gasteiger charge is -2.19. The first-order valence-corrected chi connectivity index (χ1v) is 7.74. The molecule has 0 saturated heterocycles. The zero-order valence-corrected chi connectivity index (χ0v) is 14.1. The van der Waals surface area contributed by atoms with Gasteiger partial charge in [-0.15, -0.1) is 0 Å². The van der Waals surface area contributed by atoms with Crippen molar-refractivity contribution in [2.24, 2.45) is 0 Å². The lowest BCUT2D eigenvalue weighted by molar-refractivity contribution is 0.0527. The highest BCUT2D eigenvalue weighted by atomic mass is 16.6. The van der Waals surface area contributed by atoms with Crippen molar-refractivity contribution in [1.29, 1.82) is 0 Å². The second-order valence-corrected chi connectivity index (χ2v) is 6.36. The summed E-state index contributed by atoms with van der Waals surface area (Å²) in [7, 11) is 0. The Labute approximate surface area is 133 Å². The number of aryl methyl sites for hydroxylation is 1. The van der Waals surface area contributed by atoms with Gasteiger partial charge in [-0.05, 0) is 70.7 Å². The van der Waals surface area contributed by atoms with Crippen LogP contribution >= 0.6 is 0 Å². The van der Waals surface area contributed by atoms with Gasteiger partial charge in [-0.2, -0.15) is 0 Å². The van der Waals surface area contributed by atoms with Gasteiger partial charge >= 0.3 is 6.09 Å². The Morgan fingerprint density at radius 1 is 1.23 bits per heavy atom. The summed E-state index contributed by atoms with van der Waals surface area (Å²) >= 11 is 0. The molecule has 0 aliphatic heterocycles. The Balaban J connectivity index is 2.06. The van der Waals surface area contributed by atoms with E-state index in [1.165, 1.54) is 0 Å². The van der Waals surface area contributed by atoms with Crippen molar-refractivity contribution in [3.8, 4) is 5.75 Å². The zero-order chi connectivity index (χ0) is 16.6. The Hall–Kier alpha value is -1.91. The third-order valence-corrected chi connectivity index (χ3v) is 3.00. The molecule has 0 spiro atoms. The van der Waals surface area contributed by atoms with Crippen LogP contribution in [0.4, 0.5) is 10.5 Å². The molecule has 0 bridgehead atoms. The van der Waals surface area contributed by atoms with E-state index in [0.717, 1.165) is 36.3 Å². The zero-order valence-electron chi connectivity index (χ0n) is 14.1. The minimum atomic E-state index is -0.449. The maximum atomic E-state index is 11.4. The van der Waals surface area contributed by atoms with E-state index in [2.05, 4.69) is 5.32 Å². The molecule has 0 unspecified atom stereocenters. The van der Waals surface area contributed by atoms with Crippen LogP contribution in [0.3, 0.4) is 0 Å². The van der Waals surface area contributed by atoms with Crippen LogP contribution in [0.25, 0.3) is 0 Å². The molecule has 0 aliphatic carbocycles. The first-order valence-electron chi connectivity index (χ1n) is 7.74. The standard InChI is InChI=1S/C17H28N2O3/c1-13-12-14(8-9-15(13)18)21-11-7-5-6-10-19-16(20)22-17(2,3)4/h8-9,12H,5-7,10-11,18H2,1-4H3,(H,19,20). The average molecular weight is 308 g/mol. The van der Waals surface area contributed by atoms with Gasteiger partial charge in [0.1, 0.15) is 11.4 Å². The summed E-state index contributed by atoms with van der Waals surface area (Å²) in [4.78, 5) is 11.4. The van der Waals surface area contributed by atoms with E-state index >= 15 is 0 Å². The first kappa shape index (κ1) is 18.1. The van der Waals surface area contributed by atoms with Crippen LogP contribution in [0.5, 0.6) is 5.75 Å². The number of ether oxygens (including phenoxy) is 2. The number of nitrogens with one attached hydrogen (secondary N) is 1. The summed E-state index contributed by atoms with van der Waals surface area (Å²) in [5.74, 6) is 0.846. The molecule has 124 valence electrons. The van der Waals surface area contributed by atoms with Gasteiger partial charge < -0.3 is 20.5 Å². The number of rotatable bonds is 7. The van der Waals surface area contributed by atoms with E-state index in [-0.39, 0.29) is 6.09 Å². The predicted molar refractivity (Wildman–Crippen MR) is 89.2 cm³/mol. The molecule has 3 N–H and O–H groups in total. The van der Waals surface area contributed by atoms with E-state index in [9.17, 15) is 4.79 Å². The number of carbonyl (C=O) groups excluding carboxylic acids is 1. The predicted octanol–water partition coefficient (Wildman–Crippen LogP) is 3.65. The summed E-state index contributed by atoms with van der Waals surface area (Å²) in [6.07, 6.45) is 2.48. The Morgan fingerprint density at radius 3 is 2.59 bits per heavy atom. The summed E-state index contributed by atoms with van der Waals surface area (Å²) < 4.78 is 10.8. The van der Waals surface area contributed by atoms with Crippen molar-refractivity contribution in [3.05, 3.63) is 23.8 Å². The smallest absolute Gasteiger partial charge is 0.407 e. The molecule has 0 saturated carbocycles. The van der Waals surface area contributed by atoms with Gasteiger partial charge in [-0.25, -0.2) is 4.79 Å². The van der Waals surface area contributed by atoms with Crippen LogP contribution in [0.2, 0.25) is 0 Å². The van der Waals surface area contributed by atoms with Crippen molar-refractivity contribution >= 4 is 11.8 Å². The van der Waals surface area contributed by atoms with E-state index in [1.54, 1.807) is 0 Å². The van der Waals surface area contributed by atoms with Gasteiger partial charge in [0.05, 0.1) is 6.61 Å². The van der Waals surface area contributed by atoms with Gasteiger partial charge in [0.15, 0.2) is 0 Å². The van der Waals surface area contributed by atoms with Crippen molar-refractivity contribution < 1.29 is 14.3 Å². The number of amides is 1. The van der Waals surface area contributed by atoms with Crippen molar-refractivity contribution in [2.75, 3.05) is 18.9 Å². The monoisotopic (exact) mass is 308 g/mol. The largest absolute Gasteiger partial charge is 0.494 e. The number of anilines is 1. The molecule has 0 fully saturated rings. The number of hydrogen-bond acceptors (Lipinski definition) is 4. The van der Waals surface area contributed by atoms with Gasteiger partial charge in [-0.1, -0.05) is 0 Å². The van der Waals surface area contributed by atoms with Gasteiger partial charge in [0.25, 0.3) is 0 Å². The number of hydrogen-bond donors (Lipinski definition) is 2. The number of alkyl carbamates (subject to hydrolysis) is 1. The number of carbonyl (C=O) groups is 1. The van der Waals surface area contributed by atoms with Crippen molar-refractivity contribution in [3.63, 3.8) is 0 Å². The molecular weight excluding hydrogens is 280 g/mol. The third-order valence-electron chi connectivity index (χ3n) is 3.00. The van der Waals surface area contributed by atoms with Crippen LogP contribution in [0, 0.1) is 6.92 Å². The fourth-order valence-corrected chi connectivity index (χ4v) is 1.84.